The normalized spacial score (nSPS) is 16.1. The summed E-state index contributed by atoms with van der Waals surface area (Å²) in [6.07, 6.45) is 2.12. The number of fused-ring (bicyclic) bond motifs is 3. The van der Waals surface area contributed by atoms with Crippen LogP contribution >= 0.6 is 23.5 Å². The van der Waals surface area contributed by atoms with Crippen LogP contribution in [0.5, 0.6) is 0 Å². The Morgan fingerprint density at radius 3 is 1.12 bits per heavy atom. The fraction of sp³-hybridized carbons (Fsp3) is 0.478. The van der Waals surface area contributed by atoms with Crippen molar-refractivity contribution in [2.24, 2.45) is 0 Å². The highest BCUT2D eigenvalue weighted by atomic mass is 32.2. The first-order valence-corrected chi connectivity index (χ1v) is 20.4. The van der Waals surface area contributed by atoms with Crippen molar-refractivity contribution in [1.29, 1.82) is 0 Å². The van der Waals surface area contributed by atoms with E-state index in [2.05, 4.69) is 155 Å². The summed E-state index contributed by atoms with van der Waals surface area (Å²) in [7, 11) is 0. The van der Waals surface area contributed by atoms with Crippen molar-refractivity contribution >= 4 is 23.5 Å². The molecule has 0 saturated heterocycles. The van der Waals surface area contributed by atoms with Crippen molar-refractivity contribution in [3.8, 4) is 22.3 Å². The molecule has 0 saturated carbocycles. The summed E-state index contributed by atoms with van der Waals surface area (Å²) in [6.45, 7) is 28.6. The van der Waals surface area contributed by atoms with E-state index in [0.29, 0.717) is 0 Å². The lowest BCUT2D eigenvalue weighted by Crippen LogP contribution is -2.15. The molecule has 0 aromatic heterocycles. The zero-order valence-electron chi connectivity index (χ0n) is 31.7. The van der Waals surface area contributed by atoms with Gasteiger partial charge in [0.05, 0.1) is 0 Å². The predicted molar refractivity (Wildman–Crippen MR) is 214 cm³/mol. The molecule has 1 aliphatic heterocycles. The molecule has 0 N–H and O–H groups in total. The van der Waals surface area contributed by atoms with Gasteiger partial charge >= 0.3 is 0 Å². The van der Waals surface area contributed by atoms with E-state index >= 15 is 0 Å². The Balaban J connectivity index is 1.43. The van der Waals surface area contributed by atoms with Crippen LogP contribution < -0.4 is 0 Å². The monoisotopic (exact) mass is 672 g/mol. The summed E-state index contributed by atoms with van der Waals surface area (Å²) >= 11 is 4.24. The molecular formula is C46H56S2. The van der Waals surface area contributed by atoms with Gasteiger partial charge in [-0.3, -0.25) is 0 Å². The number of rotatable bonds is 0. The minimum atomic E-state index is 0.0883. The first-order valence-electron chi connectivity index (χ1n) is 18.1. The lowest BCUT2D eigenvalue weighted by Gasteiger charge is -2.25. The quantitative estimate of drug-likeness (QED) is 0.157. The van der Waals surface area contributed by atoms with Crippen LogP contribution in [0.25, 0.3) is 22.3 Å². The molecule has 0 atom stereocenters. The highest BCUT2D eigenvalue weighted by molar-refractivity contribution is 7.98. The van der Waals surface area contributed by atoms with Crippen LogP contribution in [0.4, 0.5) is 0 Å². The molecule has 4 aromatic carbocycles. The summed E-state index contributed by atoms with van der Waals surface area (Å²) < 4.78 is 0. The van der Waals surface area contributed by atoms with E-state index in [9.17, 15) is 0 Å². The summed E-state index contributed by atoms with van der Waals surface area (Å²) in [5.74, 6) is 4.20. The van der Waals surface area contributed by atoms with Crippen molar-refractivity contribution in [2.75, 3.05) is 0 Å². The van der Waals surface area contributed by atoms with Crippen molar-refractivity contribution in [3.63, 3.8) is 0 Å². The molecule has 3 aliphatic rings. The maximum atomic E-state index is 2.60. The van der Waals surface area contributed by atoms with E-state index in [0.717, 1.165) is 35.9 Å². The fourth-order valence-corrected chi connectivity index (χ4v) is 10.1. The van der Waals surface area contributed by atoms with Crippen LogP contribution in [0.2, 0.25) is 0 Å². The first-order chi connectivity index (χ1) is 22.3. The minimum absolute atomic E-state index is 0.0883. The van der Waals surface area contributed by atoms with Gasteiger partial charge in [-0.2, -0.15) is 23.5 Å². The molecule has 7 rings (SSSR count). The third-order valence-electron chi connectivity index (χ3n) is 11.1. The molecule has 0 radical (unpaired) electrons. The van der Waals surface area contributed by atoms with Gasteiger partial charge in [-0.15, -0.1) is 0 Å². The summed E-state index contributed by atoms with van der Waals surface area (Å²) in [5.41, 5.74) is 24.7. The van der Waals surface area contributed by atoms with Crippen LogP contribution in [0, 0.1) is 0 Å². The summed E-state index contributed by atoms with van der Waals surface area (Å²) in [4.78, 5) is 0. The number of benzene rings is 4. The molecule has 2 aliphatic carbocycles. The molecule has 0 amide bonds. The van der Waals surface area contributed by atoms with E-state index in [-0.39, 0.29) is 21.7 Å². The Hall–Kier alpha value is -2.42. The number of hydrogen-bond acceptors (Lipinski definition) is 2. The van der Waals surface area contributed by atoms with Crippen LogP contribution in [0.1, 0.15) is 150 Å². The molecule has 0 unspecified atom stereocenters. The Morgan fingerprint density at radius 1 is 0.354 bits per heavy atom. The Labute approximate surface area is 300 Å². The SMILES string of the molecule is CC(C)(C)c1cc2c3c(c1)-c1cc(C(C)(C)C)c(cc1C3)CSCc1cc(C(C)(C)C)cc3c1Cc1c(cc(C(C)(C)C)cc1-3)CSC2. The maximum Gasteiger partial charge on any atom is 0.0191 e. The van der Waals surface area contributed by atoms with Gasteiger partial charge in [0.1, 0.15) is 0 Å². The highest BCUT2D eigenvalue weighted by Gasteiger charge is 2.31. The third kappa shape index (κ3) is 6.12. The average Bonchev–Trinajstić information content (AvgIpc) is 3.52. The van der Waals surface area contributed by atoms with Crippen molar-refractivity contribution in [1.82, 2.24) is 0 Å². The first kappa shape index (κ1) is 34.0. The van der Waals surface area contributed by atoms with E-state index in [1.165, 1.54) is 55.6 Å². The zero-order chi connectivity index (χ0) is 34.6. The second kappa shape index (κ2) is 11.6. The van der Waals surface area contributed by atoms with Gasteiger partial charge in [0.2, 0.25) is 0 Å². The van der Waals surface area contributed by atoms with Crippen LogP contribution in [-0.2, 0) is 57.5 Å². The molecule has 1 heterocycles. The lowest BCUT2D eigenvalue weighted by atomic mass is 9.81. The van der Waals surface area contributed by atoms with Gasteiger partial charge in [0, 0.05) is 23.0 Å². The molecular weight excluding hydrogens is 617 g/mol. The van der Waals surface area contributed by atoms with Crippen molar-refractivity contribution < 1.29 is 0 Å². The Morgan fingerprint density at radius 2 is 0.729 bits per heavy atom. The van der Waals surface area contributed by atoms with E-state index in [4.69, 9.17) is 0 Å². The number of hydrogen-bond donors (Lipinski definition) is 0. The van der Waals surface area contributed by atoms with Gasteiger partial charge in [0.25, 0.3) is 0 Å². The van der Waals surface area contributed by atoms with E-state index in [1.807, 2.05) is 0 Å². The fourth-order valence-electron chi connectivity index (χ4n) is 8.05. The predicted octanol–water partition coefficient (Wildman–Crippen LogP) is 13.2. The van der Waals surface area contributed by atoms with Gasteiger partial charge in [-0.25, -0.2) is 0 Å². The Kier molecular flexibility index (Phi) is 8.20. The minimum Gasteiger partial charge on any atom is -0.152 e. The largest absolute Gasteiger partial charge is 0.152 e. The molecule has 5 bridgehead atoms. The molecule has 0 fully saturated rings. The van der Waals surface area contributed by atoms with Gasteiger partial charge < -0.3 is 0 Å². The molecule has 48 heavy (non-hydrogen) atoms. The van der Waals surface area contributed by atoms with Gasteiger partial charge in [0.15, 0.2) is 0 Å². The molecule has 0 spiro atoms. The summed E-state index contributed by atoms with van der Waals surface area (Å²) in [5, 5.41) is 0. The third-order valence-corrected chi connectivity index (χ3v) is 13.2. The van der Waals surface area contributed by atoms with Crippen molar-refractivity contribution in [3.05, 3.63) is 115 Å². The topological polar surface area (TPSA) is 0 Å². The molecule has 252 valence electrons. The molecule has 4 aromatic rings. The average molecular weight is 673 g/mol. The summed E-state index contributed by atoms with van der Waals surface area (Å²) in [6, 6.07) is 20.5. The van der Waals surface area contributed by atoms with Gasteiger partial charge in [-0.1, -0.05) is 132 Å². The van der Waals surface area contributed by atoms with E-state index < -0.39 is 0 Å². The van der Waals surface area contributed by atoms with Gasteiger partial charge in [-0.05, 0) is 124 Å². The van der Waals surface area contributed by atoms with E-state index in [1.54, 1.807) is 33.4 Å². The highest BCUT2D eigenvalue weighted by Crippen LogP contribution is 2.48. The molecule has 2 heteroatoms. The van der Waals surface area contributed by atoms with Crippen LogP contribution in [-0.4, -0.2) is 0 Å². The smallest absolute Gasteiger partial charge is 0.0191 e. The maximum absolute atomic E-state index is 2.60. The second-order valence-electron chi connectivity index (χ2n) is 19.0. The number of thioether (sulfide) groups is 2. The van der Waals surface area contributed by atoms with Crippen molar-refractivity contribution in [2.45, 2.75) is 141 Å². The zero-order valence-corrected chi connectivity index (χ0v) is 33.3. The lowest BCUT2D eigenvalue weighted by molar-refractivity contribution is 0.585. The van der Waals surface area contributed by atoms with Crippen LogP contribution in [0.3, 0.4) is 0 Å². The standard InChI is InChI=1S/C46H56S2/c1-43(2,3)32-14-28-23-47-24-29-15-33(44(4,5)6)19-40-36(29)21-37-30(16-34(20-41(37)40)45(7,8)9)25-48-26-31-13-27-17-35(28)39(18-32)38(27)22-42(31)46(10,11)12/h13-16,18-20,22H,17,21,23-26H2,1-12H3. The molecule has 0 nitrogen and oxygen atoms in total. The Bertz CT molecular complexity index is 1940. The van der Waals surface area contributed by atoms with Crippen LogP contribution in [0.15, 0.2) is 48.5 Å². The second-order valence-corrected chi connectivity index (χ2v) is 21.0.